The summed E-state index contributed by atoms with van der Waals surface area (Å²) >= 11 is 3.10. The highest BCUT2D eigenvalue weighted by Crippen LogP contribution is 2.24. The van der Waals surface area contributed by atoms with E-state index in [-0.39, 0.29) is 12.0 Å². The Morgan fingerprint density at radius 1 is 1.25 bits per heavy atom. The summed E-state index contributed by atoms with van der Waals surface area (Å²) in [5.74, 6) is 1.54. The minimum Gasteiger partial charge on any atom is -0.377 e. The lowest BCUT2D eigenvalue weighted by molar-refractivity contribution is 0.0953. The van der Waals surface area contributed by atoms with Crippen LogP contribution in [-0.4, -0.2) is 39.1 Å². The van der Waals surface area contributed by atoms with Crippen molar-refractivity contribution >= 4 is 29.0 Å². The number of hydrogen-bond donors (Lipinski definition) is 1. The van der Waals surface area contributed by atoms with Gasteiger partial charge in [0.25, 0.3) is 5.91 Å². The number of thiophene rings is 1. The minimum atomic E-state index is -0.0854. The van der Waals surface area contributed by atoms with E-state index in [0.717, 1.165) is 36.2 Å². The van der Waals surface area contributed by atoms with Crippen LogP contribution in [0.15, 0.2) is 53.0 Å². The highest BCUT2D eigenvalue weighted by molar-refractivity contribution is 7.99. The largest absolute Gasteiger partial charge is 0.377 e. The second-order valence-corrected chi connectivity index (χ2v) is 8.51. The molecule has 0 bridgehead atoms. The summed E-state index contributed by atoms with van der Waals surface area (Å²) in [6.07, 6.45) is 2.51. The third kappa shape index (κ3) is 4.81. The molecule has 2 aromatic heterocycles. The summed E-state index contributed by atoms with van der Waals surface area (Å²) in [4.78, 5) is 13.0. The number of rotatable bonds is 8. The Hall–Kier alpha value is -2.16. The molecule has 8 heteroatoms. The number of nitrogens with zero attached hydrogens (tertiary/aromatic N) is 3. The highest BCUT2D eigenvalue weighted by Gasteiger charge is 2.19. The Labute approximate surface area is 172 Å². The molecule has 0 radical (unpaired) electrons. The van der Waals surface area contributed by atoms with Crippen molar-refractivity contribution in [2.24, 2.45) is 0 Å². The molecule has 4 rings (SSSR count). The van der Waals surface area contributed by atoms with Crippen LogP contribution in [0.1, 0.15) is 33.9 Å². The van der Waals surface area contributed by atoms with Gasteiger partial charge in [-0.25, -0.2) is 0 Å². The first-order chi connectivity index (χ1) is 13.8. The smallest absolute Gasteiger partial charge is 0.261 e. The molecule has 0 aliphatic carbocycles. The van der Waals surface area contributed by atoms with Crippen LogP contribution in [-0.2, 0) is 17.8 Å². The fraction of sp³-hybridized carbons (Fsp3) is 0.350. The number of ether oxygens (including phenoxy) is 1. The lowest BCUT2D eigenvalue weighted by Crippen LogP contribution is -2.24. The van der Waals surface area contributed by atoms with Gasteiger partial charge in [-0.1, -0.05) is 48.2 Å². The minimum absolute atomic E-state index is 0.0854. The van der Waals surface area contributed by atoms with Gasteiger partial charge in [-0.05, 0) is 29.9 Å². The summed E-state index contributed by atoms with van der Waals surface area (Å²) in [5, 5.41) is 14.4. The Balaban J connectivity index is 1.48. The molecular weight excluding hydrogens is 392 g/mol. The van der Waals surface area contributed by atoms with E-state index in [1.54, 1.807) is 11.8 Å². The van der Waals surface area contributed by atoms with E-state index in [1.165, 1.54) is 16.9 Å². The van der Waals surface area contributed by atoms with E-state index in [0.29, 0.717) is 18.0 Å². The van der Waals surface area contributed by atoms with Crippen molar-refractivity contribution in [3.8, 4) is 0 Å². The van der Waals surface area contributed by atoms with Gasteiger partial charge in [0.2, 0.25) is 0 Å². The number of carbonyl (C=O) groups is 1. The molecule has 1 saturated heterocycles. The lowest BCUT2D eigenvalue weighted by atomic mass is 10.2. The second-order valence-electron chi connectivity index (χ2n) is 6.58. The van der Waals surface area contributed by atoms with Crippen LogP contribution in [0.4, 0.5) is 0 Å². The SMILES string of the molecule is O=C(NCc1nnc(SC[C@H]2CCCO2)n1Cc1ccccc1)c1cccs1. The monoisotopic (exact) mass is 414 g/mol. The van der Waals surface area contributed by atoms with Gasteiger partial charge in [-0.3, -0.25) is 4.79 Å². The quantitative estimate of drug-likeness (QED) is 0.571. The zero-order valence-corrected chi connectivity index (χ0v) is 17.0. The number of carbonyl (C=O) groups excluding carboxylic acids is 1. The van der Waals surface area contributed by atoms with Gasteiger partial charge in [0.05, 0.1) is 24.1 Å². The Bertz CT molecular complexity index is 890. The molecule has 1 aromatic carbocycles. The Morgan fingerprint density at radius 2 is 2.14 bits per heavy atom. The molecule has 0 saturated carbocycles. The molecule has 1 fully saturated rings. The summed E-state index contributed by atoms with van der Waals surface area (Å²) in [6.45, 7) is 1.87. The number of aromatic nitrogens is 3. The standard InChI is InChI=1S/C20H22N4O2S2/c25-19(17-9-5-11-27-17)21-12-18-22-23-20(28-14-16-8-4-10-26-16)24(18)13-15-6-2-1-3-7-15/h1-3,5-7,9,11,16H,4,8,10,12-14H2,(H,21,25)/t16-/m1/s1. The van der Waals surface area contributed by atoms with Crippen molar-refractivity contribution in [2.45, 2.75) is 37.2 Å². The molecule has 0 spiro atoms. The molecule has 3 heterocycles. The van der Waals surface area contributed by atoms with Crippen molar-refractivity contribution < 1.29 is 9.53 Å². The molecule has 0 unspecified atom stereocenters. The van der Waals surface area contributed by atoms with Gasteiger partial charge in [-0.15, -0.1) is 21.5 Å². The van der Waals surface area contributed by atoms with Gasteiger partial charge in [0.1, 0.15) is 0 Å². The second kappa shape index (κ2) is 9.36. The molecule has 6 nitrogen and oxygen atoms in total. The Kier molecular flexibility index (Phi) is 6.41. The van der Waals surface area contributed by atoms with Gasteiger partial charge in [0, 0.05) is 12.4 Å². The van der Waals surface area contributed by atoms with Crippen molar-refractivity contribution in [3.63, 3.8) is 0 Å². The van der Waals surface area contributed by atoms with Crippen molar-refractivity contribution in [3.05, 3.63) is 64.1 Å². The van der Waals surface area contributed by atoms with Crippen LogP contribution < -0.4 is 5.32 Å². The average molecular weight is 415 g/mol. The summed E-state index contributed by atoms with van der Waals surface area (Å²) in [5.41, 5.74) is 1.17. The van der Waals surface area contributed by atoms with Crippen molar-refractivity contribution in [2.75, 3.05) is 12.4 Å². The molecule has 1 amide bonds. The molecule has 146 valence electrons. The van der Waals surface area contributed by atoms with Crippen LogP contribution in [0.2, 0.25) is 0 Å². The lowest BCUT2D eigenvalue weighted by Gasteiger charge is -2.12. The van der Waals surface area contributed by atoms with Crippen LogP contribution in [0.5, 0.6) is 0 Å². The fourth-order valence-electron chi connectivity index (χ4n) is 3.08. The topological polar surface area (TPSA) is 69.0 Å². The molecule has 3 aromatic rings. The van der Waals surface area contributed by atoms with Crippen LogP contribution in [0.3, 0.4) is 0 Å². The van der Waals surface area contributed by atoms with Crippen LogP contribution >= 0.6 is 23.1 Å². The van der Waals surface area contributed by atoms with E-state index >= 15 is 0 Å². The maximum Gasteiger partial charge on any atom is 0.261 e. The zero-order valence-electron chi connectivity index (χ0n) is 15.4. The van der Waals surface area contributed by atoms with Crippen LogP contribution in [0.25, 0.3) is 0 Å². The molecule has 1 aliphatic heterocycles. The number of nitrogens with one attached hydrogen (secondary N) is 1. The van der Waals surface area contributed by atoms with Crippen molar-refractivity contribution in [1.82, 2.24) is 20.1 Å². The molecule has 1 aliphatic rings. The normalized spacial score (nSPS) is 16.4. The first-order valence-corrected chi connectivity index (χ1v) is 11.2. The number of hydrogen-bond acceptors (Lipinski definition) is 6. The summed E-state index contributed by atoms with van der Waals surface area (Å²) in [7, 11) is 0. The fourth-order valence-corrected chi connectivity index (χ4v) is 4.74. The third-order valence-electron chi connectivity index (χ3n) is 4.55. The van der Waals surface area contributed by atoms with E-state index in [4.69, 9.17) is 4.74 Å². The number of thioether (sulfide) groups is 1. The third-order valence-corrected chi connectivity index (χ3v) is 6.52. The molecule has 28 heavy (non-hydrogen) atoms. The molecule has 1 atom stereocenters. The maximum atomic E-state index is 12.3. The van der Waals surface area contributed by atoms with Crippen molar-refractivity contribution in [1.29, 1.82) is 0 Å². The first kappa shape index (κ1) is 19.2. The predicted molar refractivity (Wildman–Crippen MR) is 111 cm³/mol. The molecule has 1 N–H and O–H groups in total. The van der Waals surface area contributed by atoms with Crippen LogP contribution in [0, 0.1) is 0 Å². The zero-order chi connectivity index (χ0) is 19.2. The number of amides is 1. The Morgan fingerprint density at radius 3 is 2.89 bits per heavy atom. The molecular formula is C20H22N4O2S2. The number of benzene rings is 1. The highest BCUT2D eigenvalue weighted by atomic mass is 32.2. The van der Waals surface area contributed by atoms with E-state index < -0.39 is 0 Å². The van der Waals surface area contributed by atoms with Gasteiger partial charge in [0.15, 0.2) is 11.0 Å². The van der Waals surface area contributed by atoms with E-state index in [9.17, 15) is 4.79 Å². The first-order valence-electron chi connectivity index (χ1n) is 9.31. The van der Waals surface area contributed by atoms with Gasteiger partial charge >= 0.3 is 0 Å². The summed E-state index contributed by atoms with van der Waals surface area (Å²) in [6, 6.07) is 13.9. The van der Waals surface area contributed by atoms with E-state index in [2.05, 4.69) is 32.2 Å². The van der Waals surface area contributed by atoms with Gasteiger partial charge < -0.3 is 14.6 Å². The maximum absolute atomic E-state index is 12.3. The van der Waals surface area contributed by atoms with E-state index in [1.807, 2.05) is 35.7 Å². The summed E-state index contributed by atoms with van der Waals surface area (Å²) < 4.78 is 7.81. The average Bonchev–Trinajstić information content (AvgIpc) is 3.48. The van der Waals surface area contributed by atoms with Gasteiger partial charge in [-0.2, -0.15) is 0 Å². The predicted octanol–water partition coefficient (Wildman–Crippen LogP) is 3.59.